The Morgan fingerprint density at radius 3 is 2.52 bits per heavy atom. The van der Waals surface area contributed by atoms with Gasteiger partial charge < -0.3 is 20.1 Å². The van der Waals surface area contributed by atoms with Crippen molar-refractivity contribution in [3.05, 3.63) is 65.2 Å². The first-order chi connectivity index (χ1) is 15.2. The van der Waals surface area contributed by atoms with Gasteiger partial charge in [0.1, 0.15) is 5.75 Å². The number of ether oxygens (including phenoxy) is 2. The molecule has 0 radical (unpaired) electrons. The van der Waals surface area contributed by atoms with Gasteiger partial charge in [-0.3, -0.25) is 4.90 Å². The Morgan fingerprint density at radius 2 is 1.77 bits per heavy atom. The standard InChI is InChI=1S/C25H36N4O2/c1-4-26-25(27-17-20(2)23-11-7-8-12-24(23)30-3)28-18-21-9-5-6-10-22(21)19-29-13-15-31-16-14-29/h5-12,20H,4,13-19H2,1-3H3,(H2,26,27,28). The van der Waals surface area contributed by atoms with Crippen molar-refractivity contribution in [1.29, 1.82) is 0 Å². The number of rotatable bonds is 9. The second kappa shape index (κ2) is 12.3. The van der Waals surface area contributed by atoms with Crippen LogP contribution in [0.5, 0.6) is 5.75 Å². The van der Waals surface area contributed by atoms with Crippen LogP contribution in [0.15, 0.2) is 53.5 Å². The summed E-state index contributed by atoms with van der Waals surface area (Å²) in [6.45, 7) is 11.1. The van der Waals surface area contributed by atoms with Crippen LogP contribution < -0.4 is 15.4 Å². The molecular weight excluding hydrogens is 388 g/mol. The normalized spacial score (nSPS) is 16.0. The van der Waals surface area contributed by atoms with E-state index in [0.29, 0.717) is 12.5 Å². The third-order valence-electron chi connectivity index (χ3n) is 5.61. The summed E-state index contributed by atoms with van der Waals surface area (Å²) in [5.74, 6) is 2.06. The number of hydrogen-bond acceptors (Lipinski definition) is 4. The van der Waals surface area contributed by atoms with Gasteiger partial charge in [-0.15, -0.1) is 0 Å². The monoisotopic (exact) mass is 424 g/mol. The van der Waals surface area contributed by atoms with Gasteiger partial charge in [0.05, 0.1) is 26.9 Å². The molecule has 6 heteroatoms. The van der Waals surface area contributed by atoms with Crippen molar-refractivity contribution >= 4 is 5.96 Å². The first-order valence-electron chi connectivity index (χ1n) is 11.2. The average Bonchev–Trinajstić information content (AvgIpc) is 2.82. The van der Waals surface area contributed by atoms with E-state index in [1.807, 2.05) is 12.1 Å². The van der Waals surface area contributed by atoms with Crippen molar-refractivity contribution in [1.82, 2.24) is 15.5 Å². The molecule has 31 heavy (non-hydrogen) atoms. The van der Waals surface area contributed by atoms with Crippen LogP contribution in [0, 0.1) is 0 Å². The summed E-state index contributed by atoms with van der Waals surface area (Å²) < 4.78 is 11.0. The summed E-state index contributed by atoms with van der Waals surface area (Å²) in [6.07, 6.45) is 0. The molecule has 1 unspecified atom stereocenters. The lowest BCUT2D eigenvalue weighted by Crippen LogP contribution is -2.39. The summed E-state index contributed by atoms with van der Waals surface area (Å²) >= 11 is 0. The Kier molecular flexibility index (Phi) is 9.18. The fourth-order valence-corrected chi connectivity index (χ4v) is 3.81. The molecule has 2 aromatic carbocycles. The van der Waals surface area contributed by atoms with Gasteiger partial charge in [0, 0.05) is 38.6 Å². The smallest absolute Gasteiger partial charge is 0.191 e. The number of guanidine groups is 1. The van der Waals surface area contributed by atoms with Gasteiger partial charge in [0.15, 0.2) is 5.96 Å². The minimum absolute atomic E-state index is 0.300. The Labute approximate surface area is 186 Å². The maximum Gasteiger partial charge on any atom is 0.191 e. The fraction of sp³-hybridized carbons (Fsp3) is 0.480. The van der Waals surface area contributed by atoms with Crippen LogP contribution in [0.1, 0.15) is 36.5 Å². The van der Waals surface area contributed by atoms with E-state index in [2.05, 4.69) is 65.8 Å². The average molecular weight is 425 g/mol. The number of aliphatic imine (C=N–C) groups is 1. The van der Waals surface area contributed by atoms with Crippen molar-refractivity contribution in [2.24, 2.45) is 4.99 Å². The van der Waals surface area contributed by atoms with Gasteiger partial charge in [-0.05, 0) is 29.7 Å². The zero-order valence-electron chi connectivity index (χ0n) is 19.1. The molecule has 0 spiro atoms. The summed E-state index contributed by atoms with van der Waals surface area (Å²) in [6, 6.07) is 16.8. The zero-order chi connectivity index (χ0) is 21.9. The highest BCUT2D eigenvalue weighted by Gasteiger charge is 2.14. The Bertz CT molecular complexity index is 834. The Balaban J connectivity index is 1.63. The van der Waals surface area contributed by atoms with Crippen LogP contribution in [0.3, 0.4) is 0 Å². The molecule has 0 bridgehead atoms. The number of nitrogens with zero attached hydrogens (tertiary/aromatic N) is 2. The predicted octanol–water partition coefficient (Wildman–Crippen LogP) is 3.39. The quantitative estimate of drug-likeness (QED) is 0.477. The second-order valence-corrected chi connectivity index (χ2v) is 7.88. The number of methoxy groups -OCH3 is 1. The molecule has 0 aromatic heterocycles. The van der Waals surface area contributed by atoms with Crippen LogP contribution in [0.2, 0.25) is 0 Å². The molecule has 2 N–H and O–H groups in total. The summed E-state index contributed by atoms with van der Waals surface area (Å²) in [7, 11) is 1.72. The highest BCUT2D eigenvalue weighted by atomic mass is 16.5. The molecule has 2 aromatic rings. The molecule has 1 atom stereocenters. The van der Waals surface area contributed by atoms with Crippen LogP contribution in [-0.2, 0) is 17.8 Å². The number of benzene rings is 2. The van der Waals surface area contributed by atoms with Gasteiger partial charge in [-0.1, -0.05) is 49.4 Å². The molecule has 168 valence electrons. The van der Waals surface area contributed by atoms with Crippen LogP contribution in [-0.4, -0.2) is 57.4 Å². The van der Waals surface area contributed by atoms with Crippen LogP contribution >= 0.6 is 0 Å². The van der Waals surface area contributed by atoms with E-state index in [-0.39, 0.29) is 0 Å². The van der Waals surface area contributed by atoms with Gasteiger partial charge in [0.25, 0.3) is 0 Å². The first kappa shape index (κ1) is 23.1. The molecule has 0 amide bonds. The molecule has 1 heterocycles. The minimum atomic E-state index is 0.300. The highest BCUT2D eigenvalue weighted by molar-refractivity contribution is 5.79. The number of nitrogens with one attached hydrogen (secondary N) is 2. The molecule has 1 fully saturated rings. The van der Waals surface area contributed by atoms with E-state index in [1.54, 1.807) is 7.11 Å². The fourth-order valence-electron chi connectivity index (χ4n) is 3.81. The van der Waals surface area contributed by atoms with Gasteiger partial charge >= 0.3 is 0 Å². The van der Waals surface area contributed by atoms with E-state index in [9.17, 15) is 0 Å². The second-order valence-electron chi connectivity index (χ2n) is 7.88. The molecule has 6 nitrogen and oxygen atoms in total. The van der Waals surface area contributed by atoms with Crippen molar-refractivity contribution in [3.63, 3.8) is 0 Å². The third kappa shape index (κ3) is 6.97. The molecule has 1 aliphatic rings. The predicted molar refractivity (Wildman–Crippen MR) is 127 cm³/mol. The van der Waals surface area contributed by atoms with Crippen molar-refractivity contribution in [2.75, 3.05) is 46.5 Å². The first-order valence-corrected chi connectivity index (χ1v) is 11.2. The molecule has 0 aliphatic carbocycles. The lowest BCUT2D eigenvalue weighted by Gasteiger charge is -2.27. The SMILES string of the molecule is CCNC(=NCc1ccccc1CN1CCOCC1)NCC(C)c1ccccc1OC. The zero-order valence-corrected chi connectivity index (χ0v) is 19.1. The molecule has 1 saturated heterocycles. The van der Waals surface area contributed by atoms with Crippen LogP contribution in [0.25, 0.3) is 0 Å². The lowest BCUT2D eigenvalue weighted by molar-refractivity contribution is 0.0341. The summed E-state index contributed by atoms with van der Waals surface area (Å²) in [5.41, 5.74) is 3.81. The number of hydrogen-bond donors (Lipinski definition) is 2. The van der Waals surface area contributed by atoms with E-state index in [4.69, 9.17) is 14.5 Å². The maximum atomic E-state index is 5.52. The third-order valence-corrected chi connectivity index (χ3v) is 5.61. The van der Waals surface area contributed by atoms with Crippen molar-refractivity contribution in [3.8, 4) is 5.75 Å². The lowest BCUT2D eigenvalue weighted by atomic mass is 10.0. The minimum Gasteiger partial charge on any atom is -0.496 e. The number of para-hydroxylation sites is 1. The van der Waals surface area contributed by atoms with E-state index in [1.165, 1.54) is 16.7 Å². The van der Waals surface area contributed by atoms with Crippen molar-refractivity contribution in [2.45, 2.75) is 32.9 Å². The van der Waals surface area contributed by atoms with Gasteiger partial charge in [0.2, 0.25) is 0 Å². The van der Waals surface area contributed by atoms with E-state index in [0.717, 1.165) is 57.6 Å². The molecule has 1 aliphatic heterocycles. The highest BCUT2D eigenvalue weighted by Crippen LogP contribution is 2.25. The van der Waals surface area contributed by atoms with E-state index >= 15 is 0 Å². The molecule has 3 rings (SSSR count). The maximum absolute atomic E-state index is 5.52. The Hall–Kier alpha value is -2.57. The topological polar surface area (TPSA) is 58.1 Å². The summed E-state index contributed by atoms with van der Waals surface area (Å²) in [5, 5.41) is 6.87. The molecular formula is C25H36N4O2. The number of morpholine rings is 1. The Morgan fingerprint density at radius 1 is 1.06 bits per heavy atom. The van der Waals surface area contributed by atoms with Gasteiger partial charge in [-0.25, -0.2) is 4.99 Å². The summed E-state index contributed by atoms with van der Waals surface area (Å²) in [4.78, 5) is 7.31. The van der Waals surface area contributed by atoms with Crippen molar-refractivity contribution < 1.29 is 9.47 Å². The largest absolute Gasteiger partial charge is 0.496 e. The van der Waals surface area contributed by atoms with Crippen LogP contribution in [0.4, 0.5) is 0 Å². The van der Waals surface area contributed by atoms with E-state index < -0.39 is 0 Å². The molecule has 0 saturated carbocycles. The van der Waals surface area contributed by atoms with Gasteiger partial charge in [-0.2, -0.15) is 0 Å².